The Morgan fingerprint density at radius 2 is 1.95 bits per heavy atom. The van der Waals surface area contributed by atoms with Crippen LogP contribution in [0, 0.1) is 21.4 Å². The fourth-order valence-electron chi connectivity index (χ4n) is 1.34. The number of halogens is 1. The van der Waals surface area contributed by atoms with E-state index in [1.54, 1.807) is 6.07 Å². The first-order valence-corrected chi connectivity index (χ1v) is 6.70. The van der Waals surface area contributed by atoms with Gasteiger partial charge in [-0.3, -0.25) is 10.1 Å². The summed E-state index contributed by atoms with van der Waals surface area (Å²) in [5, 5.41) is 20.1. The van der Waals surface area contributed by atoms with E-state index in [4.69, 9.17) is 5.26 Å². The van der Waals surface area contributed by atoms with Gasteiger partial charge in [-0.1, -0.05) is 27.7 Å². The molecule has 1 aromatic heterocycles. The third kappa shape index (κ3) is 3.30. The number of pyridine rings is 1. The van der Waals surface area contributed by atoms with E-state index in [0.717, 1.165) is 9.37 Å². The summed E-state index contributed by atoms with van der Waals surface area (Å²) in [6.07, 6.45) is 0. The van der Waals surface area contributed by atoms with Gasteiger partial charge >= 0.3 is 5.69 Å². The zero-order chi connectivity index (χ0) is 13.8. The van der Waals surface area contributed by atoms with E-state index in [0.29, 0.717) is 5.03 Å². The van der Waals surface area contributed by atoms with E-state index < -0.39 is 4.92 Å². The van der Waals surface area contributed by atoms with Crippen molar-refractivity contribution < 1.29 is 4.92 Å². The van der Waals surface area contributed by atoms with E-state index in [-0.39, 0.29) is 11.4 Å². The van der Waals surface area contributed by atoms with Gasteiger partial charge in [0.25, 0.3) is 0 Å². The van der Waals surface area contributed by atoms with Gasteiger partial charge < -0.3 is 0 Å². The number of rotatable bonds is 3. The zero-order valence-corrected chi connectivity index (χ0v) is 11.8. The van der Waals surface area contributed by atoms with Crippen LogP contribution < -0.4 is 0 Å². The van der Waals surface area contributed by atoms with Crippen LogP contribution in [-0.4, -0.2) is 9.91 Å². The maximum atomic E-state index is 10.7. The van der Waals surface area contributed by atoms with Gasteiger partial charge in [0.15, 0.2) is 0 Å². The van der Waals surface area contributed by atoms with Crippen molar-refractivity contribution in [3.8, 4) is 6.07 Å². The second kappa shape index (κ2) is 5.82. The highest BCUT2D eigenvalue weighted by atomic mass is 79.9. The second-order valence-electron chi connectivity index (χ2n) is 3.44. The summed E-state index contributed by atoms with van der Waals surface area (Å²) < 4.78 is 0.964. The minimum absolute atomic E-state index is 0.174. The summed E-state index contributed by atoms with van der Waals surface area (Å²) in [4.78, 5) is 15.0. The van der Waals surface area contributed by atoms with Crippen molar-refractivity contribution in [1.82, 2.24) is 4.98 Å². The highest BCUT2D eigenvalue weighted by Crippen LogP contribution is 2.29. The molecule has 1 heterocycles. The van der Waals surface area contributed by atoms with Gasteiger partial charge in [0.2, 0.25) is 5.69 Å². The monoisotopic (exact) mass is 335 g/mol. The van der Waals surface area contributed by atoms with E-state index >= 15 is 0 Å². The van der Waals surface area contributed by atoms with Crippen LogP contribution in [0.25, 0.3) is 0 Å². The molecule has 0 N–H and O–H groups in total. The first-order chi connectivity index (χ1) is 9.10. The Bertz CT molecular complexity index is 668. The number of nitrogens with zero attached hydrogens (tertiary/aromatic N) is 3. The molecule has 0 fully saturated rings. The topological polar surface area (TPSA) is 79.8 Å². The number of nitriles is 1. The molecule has 0 saturated carbocycles. The largest absolute Gasteiger partial charge is 0.305 e. The van der Waals surface area contributed by atoms with E-state index in [9.17, 15) is 10.1 Å². The Morgan fingerprint density at radius 1 is 1.26 bits per heavy atom. The van der Waals surface area contributed by atoms with Crippen LogP contribution in [0.3, 0.4) is 0 Å². The molecule has 0 bridgehead atoms. The van der Waals surface area contributed by atoms with Crippen molar-refractivity contribution in [2.75, 3.05) is 0 Å². The van der Waals surface area contributed by atoms with Crippen LogP contribution >= 0.6 is 27.7 Å². The Hall–Kier alpha value is -1.91. The normalized spacial score (nSPS) is 9.89. The van der Waals surface area contributed by atoms with Crippen LogP contribution in [0.1, 0.15) is 5.69 Å². The summed E-state index contributed by atoms with van der Waals surface area (Å²) in [5.41, 5.74) is -0.449. The number of hydrogen-bond donors (Lipinski definition) is 0. The highest BCUT2D eigenvalue weighted by Gasteiger charge is 2.15. The van der Waals surface area contributed by atoms with Gasteiger partial charge in [0, 0.05) is 15.4 Å². The summed E-state index contributed by atoms with van der Waals surface area (Å²) >= 11 is 4.68. The minimum Gasteiger partial charge on any atom is -0.258 e. The van der Waals surface area contributed by atoms with Gasteiger partial charge in [-0.05, 0) is 30.3 Å². The predicted molar refractivity (Wildman–Crippen MR) is 73.9 cm³/mol. The Kier molecular flexibility index (Phi) is 4.14. The molecule has 0 unspecified atom stereocenters. The van der Waals surface area contributed by atoms with Crippen molar-refractivity contribution in [2.45, 2.75) is 9.92 Å². The standard InChI is InChI=1S/C12H6BrN3O2S/c13-8-1-3-9(4-2-8)19-12-6-5-11(16(17)18)10(7-14)15-12/h1-6H. The number of aromatic nitrogens is 1. The molecule has 0 aliphatic carbocycles. The molecule has 1 aromatic carbocycles. The number of hydrogen-bond acceptors (Lipinski definition) is 5. The van der Waals surface area contributed by atoms with Crippen LogP contribution in [0.4, 0.5) is 5.69 Å². The lowest BCUT2D eigenvalue weighted by molar-refractivity contribution is -0.385. The Labute approximate surface area is 121 Å². The quantitative estimate of drug-likeness (QED) is 0.629. The maximum absolute atomic E-state index is 10.7. The van der Waals surface area contributed by atoms with Gasteiger partial charge in [0.1, 0.15) is 11.1 Å². The molecule has 2 rings (SSSR count). The van der Waals surface area contributed by atoms with Crippen molar-refractivity contribution in [2.24, 2.45) is 0 Å². The van der Waals surface area contributed by atoms with Crippen molar-refractivity contribution >= 4 is 33.4 Å². The van der Waals surface area contributed by atoms with Crippen LogP contribution in [-0.2, 0) is 0 Å². The fourth-order valence-corrected chi connectivity index (χ4v) is 2.39. The van der Waals surface area contributed by atoms with Gasteiger partial charge in [0.05, 0.1) is 4.92 Å². The molecule has 0 aliphatic heterocycles. The molecule has 19 heavy (non-hydrogen) atoms. The molecule has 5 nitrogen and oxygen atoms in total. The van der Waals surface area contributed by atoms with E-state index in [1.807, 2.05) is 24.3 Å². The van der Waals surface area contributed by atoms with Crippen LogP contribution in [0.15, 0.2) is 50.8 Å². The van der Waals surface area contributed by atoms with Crippen molar-refractivity contribution in [3.05, 3.63) is 56.7 Å². The smallest absolute Gasteiger partial charge is 0.258 e. The SMILES string of the molecule is N#Cc1nc(Sc2ccc(Br)cc2)ccc1[N+](=O)[O-]. The minimum atomic E-state index is -0.611. The molecule has 0 amide bonds. The summed E-state index contributed by atoms with van der Waals surface area (Å²) in [6.45, 7) is 0. The van der Waals surface area contributed by atoms with Crippen molar-refractivity contribution in [1.29, 1.82) is 5.26 Å². The first kappa shape index (κ1) is 13.5. The number of benzene rings is 1. The Morgan fingerprint density at radius 3 is 2.53 bits per heavy atom. The average molecular weight is 336 g/mol. The van der Waals surface area contributed by atoms with E-state index in [1.165, 1.54) is 23.9 Å². The lowest BCUT2D eigenvalue weighted by Gasteiger charge is -2.01. The molecule has 0 saturated heterocycles. The van der Waals surface area contributed by atoms with Crippen LogP contribution in [0.2, 0.25) is 0 Å². The van der Waals surface area contributed by atoms with Gasteiger partial charge in [-0.25, -0.2) is 4.98 Å². The third-order valence-corrected chi connectivity index (χ3v) is 3.66. The van der Waals surface area contributed by atoms with E-state index in [2.05, 4.69) is 20.9 Å². The Balaban J connectivity index is 2.29. The molecule has 2 aromatic rings. The second-order valence-corrected chi connectivity index (χ2v) is 5.45. The molecule has 0 radical (unpaired) electrons. The highest BCUT2D eigenvalue weighted by molar-refractivity contribution is 9.10. The molecular weight excluding hydrogens is 330 g/mol. The molecule has 7 heteroatoms. The lowest BCUT2D eigenvalue weighted by atomic mass is 10.3. The predicted octanol–water partition coefficient (Wildman–Crippen LogP) is 3.78. The maximum Gasteiger partial charge on any atom is 0.305 e. The first-order valence-electron chi connectivity index (χ1n) is 5.09. The molecule has 0 atom stereocenters. The van der Waals surface area contributed by atoms with Gasteiger partial charge in [-0.15, -0.1) is 0 Å². The average Bonchev–Trinajstić information content (AvgIpc) is 2.41. The third-order valence-electron chi connectivity index (χ3n) is 2.19. The van der Waals surface area contributed by atoms with Gasteiger partial charge in [-0.2, -0.15) is 5.26 Å². The molecule has 0 spiro atoms. The molecule has 94 valence electrons. The lowest BCUT2D eigenvalue weighted by Crippen LogP contribution is -1.95. The fraction of sp³-hybridized carbons (Fsp3) is 0. The molecular formula is C12H6BrN3O2S. The summed E-state index contributed by atoms with van der Waals surface area (Å²) in [6, 6.07) is 12.1. The van der Waals surface area contributed by atoms with Crippen molar-refractivity contribution in [3.63, 3.8) is 0 Å². The van der Waals surface area contributed by atoms with Crippen LogP contribution in [0.5, 0.6) is 0 Å². The summed E-state index contributed by atoms with van der Waals surface area (Å²) in [7, 11) is 0. The summed E-state index contributed by atoms with van der Waals surface area (Å²) in [5.74, 6) is 0. The number of nitro groups is 1. The zero-order valence-electron chi connectivity index (χ0n) is 9.41. The molecule has 0 aliphatic rings.